The average molecular weight is 452 g/mol. The first-order valence-electron chi connectivity index (χ1n) is 9.36. The van der Waals surface area contributed by atoms with Gasteiger partial charge in [0, 0.05) is 22.8 Å². The highest BCUT2D eigenvalue weighted by Crippen LogP contribution is 2.34. The molecule has 0 saturated carbocycles. The Labute approximate surface area is 185 Å². The fraction of sp³-hybridized carbons (Fsp3) is 0.0455. The Balaban J connectivity index is 1.44. The van der Waals surface area contributed by atoms with Crippen LogP contribution in [0.3, 0.4) is 0 Å². The zero-order valence-electron chi connectivity index (χ0n) is 16.0. The molecule has 5 aromatic rings. The summed E-state index contributed by atoms with van der Waals surface area (Å²) in [6, 6.07) is 15.6. The van der Waals surface area contributed by atoms with Crippen molar-refractivity contribution < 1.29 is 8.81 Å². The minimum absolute atomic E-state index is 0.313. The van der Waals surface area contributed by atoms with Crippen molar-refractivity contribution in [1.29, 1.82) is 0 Å². The number of benzene rings is 2. The number of halogens is 2. The van der Waals surface area contributed by atoms with Crippen molar-refractivity contribution in [1.82, 2.24) is 20.2 Å². The summed E-state index contributed by atoms with van der Waals surface area (Å²) in [7, 11) is 0. The third-order valence-electron chi connectivity index (χ3n) is 4.55. The molecule has 31 heavy (non-hydrogen) atoms. The Morgan fingerprint density at radius 1 is 1.06 bits per heavy atom. The highest BCUT2D eigenvalue weighted by molar-refractivity contribution is 7.99. The van der Waals surface area contributed by atoms with Gasteiger partial charge in [-0.15, -0.1) is 0 Å². The molecule has 0 unspecified atom stereocenters. The van der Waals surface area contributed by atoms with E-state index in [4.69, 9.17) is 16.0 Å². The Morgan fingerprint density at radius 3 is 2.74 bits per heavy atom. The van der Waals surface area contributed by atoms with Crippen LogP contribution < -0.4 is 5.32 Å². The predicted molar refractivity (Wildman–Crippen MR) is 119 cm³/mol. The molecule has 0 spiro atoms. The van der Waals surface area contributed by atoms with Crippen LogP contribution >= 0.6 is 23.4 Å². The van der Waals surface area contributed by atoms with Crippen molar-refractivity contribution in [3.8, 4) is 11.5 Å². The van der Waals surface area contributed by atoms with Gasteiger partial charge in [0.25, 0.3) is 0 Å². The van der Waals surface area contributed by atoms with E-state index >= 15 is 0 Å². The Morgan fingerprint density at radius 2 is 1.94 bits per heavy atom. The highest BCUT2D eigenvalue weighted by Gasteiger charge is 2.17. The van der Waals surface area contributed by atoms with Gasteiger partial charge < -0.3 is 9.73 Å². The van der Waals surface area contributed by atoms with E-state index in [0.717, 1.165) is 21.6 Å². The molecule has 3 heterocycles. The van der Waals surface area contributed by atoms with Crippen LogP contribution in [0.4, 0.5) is 10.1 Å². The largest absolute Gasteiger partial charge is 0.429 e. The smallest absolute Gasteiger partial charge is 0.227 e. The third kappa shape index (κ3) is 4.40. The Bertz CT molecular complexity index is 1330. The van der Waals surface area contributed by atoms with E-state index in [2.05, 4.69) is 25.5 Å². The molecule has 9 heteroatoms. The van der Waals surface area contributed by atoms with Gasteiger partial charge in [0.05, 0.1) is 23.3 Å². The minimum atomic E-state index is -0.313. The fourth-order valence-corrected chi connectivity index (χ4v) is 3.90. The van der Waals surface area contributed by atoms with Crippen LogP contribution in [-0.2, 0) is 6.54 Å². The number of H-pyrrole nitrogens is 1. The summed E-state index contributed by atoms with van der Waals surface area (Å²) < 4.78 is 19.3. The van der Waals surface area contributed by atoms with E-state index in [1.54, 1.807) is 30.6 Å². The molecule has 0 saturated heterocycles. The van der Waals surface area contributed by atoms with Crippen LogP contribution in [0.2, 0.25) is 5.02 Å². The Hall–Kier alpha value is -3.36. The maximum absolute atomic E-state index is 13.3. The number of hydrogen-bond donors (Lipinski definition) is 2. The van der Waals surface area contributed by atoms with E-state index in [9.17, 15) is 4.39 Å². The molecule has 0 fully saturated rings. The summed E-state index contributed by atoms with van der Waals surface area (Å²) in [6.45, 7) is 0.434. The summed E-state index contributed by atoms with van der Waals surface area (Å²) in [5, 5.41) is 13.3. The van der Waals surface area contributed by atoms with Crippen molar-refractivity contribution in [2.45, 2.75) is 16.7 Å². The molecule has 3 aromatic heterocycles. The van der Waals surface area contributed by atoms with Gasteiger partial charge in [0.2, 0.25) is 5.89 Å². The first kappa shape index (κ1) is 19.6. The lowest BCUT2D eigenvalue weighted by Gasteiger charge is -2.05. The van der Waals surface area contributed by atoms with Crippen molar-refractivity contribution in [2.75, 3.05) is 5.32 Å². The second kappa shape index (κ2) is 8.41. The quantitative estimate of drug-likeness (QED) is 0.321. The minimum Gasteiger partial charge on any atom is -0.429 e. The van der Waals surface area contributed by atoms with E-state index in [1.165, 1.54) is 23.9 Å². The molecule has 2 aromatic carbocycles. The van der Waals surface area contributed by atoms with Crippen molar-refractivity contribution in [3.63, 3.8) is 0 Å². The van der Waals surface area contributed by atoms with Crippen LogP contribution in [0.1, 0.15) is 5.69 Å². The van der Waals surface area contributed by atoms with E-state index < -0.39 is 0 Å². The molecule has 6 nitrogen and oxygen atoms in total. The zero-order valence-corrected chi connectivity index (χ0v) is 17.5. The second-order valence-corrected chi connectivity index (χ2v) is 8.13. The summed E-state index contributed by atoms with van der Waals surface area (Å²) in [4.78, 5) is 8.96. The lowest BCUT2D eigenvalue weighted by Crippen LogP contribution is -2.01. The van der Waals surface area contributed by atoms with Crippen LogP contribution in [-0.4, -0.2) is 20.2 Å². The van der Waals surface area contributed by atoms with Gasteiger partial charge in [0.15, 0.2) is 5.09 Å². The average Bonchev–Trinajstić information content (AvgIpc) is 3.41. The molecular weight excluding hydrogens is 437 g/mol. The van der Waals surface area contributed by atoms with E-state index in [-0.39, 0.29) is 5.82 Å². The summed E-state index contributed by atoms with van der Waals surface area (Å²) in [5.74, 6) is 0.102. The molecule has 0 atom stereocenters. The predicted octanol–water partition coefficient (Wildman–Crippen LogP) is 6.17. The standard InChI is InChI=1S/C22H15ClFN5OS/c23-15-3-8-20(26-11-15)31-22-19(28-21(30-22)13-1-4-16(24)5-2-13)12-25-17-6-7-18-14(9-17)10-27-29-18/h1-11,25H,12H2,(H,27,29). The van der Waals surface area contributed by atoms with Gasteiger partial charge in [-0.3, -0.25) is 5.10 Å². The fourth-order valence-electron chi connectivity index (χ4n) is 3.00. The SMILES string of the molecule is Fc1ccc(-c2nc(CNc3ccc4[nH]ncc4c3)c(Sc3ccc(Cl)cn3)o2)cc1. The van der Waals surface area contributed by atoms with Gasteiger partial charge in [-0.2, -0.15) is 5.10 Å². The number of rotatable bonds is 6. The first-order valence-corrected chi connectivity index (χ1v) is 10.6. The lowest BCUT2D eigenvalue weighted by molar-refractivity contribution is 0.479. The monoisotopic (exact) mass is 451 g/mol. The van der Waals surface area contributed by atoms with Gasteiger partial charge in [0.1, 0.15) is 16.5 Å². The number of aromatic nitrogens is 4. The summed E-state index contributed by atoms with van der Waals surface area (Å²) in [6.07, 6.45) is 3.36. The first-order chi connectivity index (χ1) is 15.1. The lowest BCUT2D eigenvalue weighted by atomic mass is 10.2. The third-order valence-corrected chi connectivity index (χ3v) is 5.73. The van der Waals surface area contributed by atoms with Crippen LogP contribution in [0, 0.1) is 5.82 Å². The molecule has 0 aliphatic rings. The zero-order chi connectivity index (χ0) is 21.2. The molecular formula is C22H15ClFN5OS. The number of aromatic amines is 1. The number of oxazole rings is 1. The van der Waals surface area contributed by atoms with Crippen LogP contribution in [0.5, 0.6) is 0 Å². The number of anilines is 1. The normalized spacial score (nSPS) is 11.2. The summed E-state index contributed by atoms with van der Waals surface area (Å²) >= 11 is 7.29. The number of hydrogen-bond acceptors (Lipinski definition) is 6. The molecule has 0 aliphatic heterocycles. The van der Waals surface area contributed by atoms with E-state index in [0.29, 0.717) is 33.8 Å². The van der Waals surface area contributed by atoms with Gasteiger partial charge in [-0.25, -0.2) is 14.4 Å². The highest BCUT2D eigenvalue weighted by atomic mass is 35.5. The number of pyridine rings is 1. The van der Waals surface area contributed by atoms with E-state index in [1.807, 2.05) is 24.3 Å². The number of nitrogens with one attached hydrogen (secondary N) is 2. The topological polar surface area (TPSA) is 79.6 Å². The molecule has 5 rings (SSSR count). The van der Waals surface area contributed by atoms with Gasteiger partial charge in [-0.1, -0.05) is 11.6 Å². The van der Waals surface area contributed by atoms with Gasteiger partial charge >= 0.3 is 0 Å². The number of fused-ring (bicyclic) bond motifs is 1. The van der Waals surface area contributed by atoms with Crippen molar-refractivity contribution in [3.05, 3.63) is 83.5 Å². The molecule has 0 amide bonds. The maximum Gasteiger partial charge on any atom is 0.227 e. The maximum atomic E-state index is 13.3. The molecule has 154 valence electrons. The summed E-state index contributed by atoms with van der Waals surface area (Å²) in [5.41, 5.74) is 3.31. The molecule has 0 radical (unpaired) electrons. The molecule has 0 aliphatic carbocycles. The Kier molecular flexibility index (Phi) is 5.31. The molecule has 2 N–H and O–H groups in total. The van der Waals surface area contributed by atoms with Gasteiger partial charge in [-0.05, 0) is 66.4 Å². The number of nitrogens with zero attached hydrogens (tertiary/aromatic N) is 3. The van der Waals surface area contributed by atoms with Crippen LogP contribution in [0.25, 0.3) is 22.4 Å². The second-order valence-electron chi connectivity index (χ2n) is 6.70. The van der Waals surface area contributed by atoms with Crippen molar-refractivity contribution in [2.24, 2.45) is 0 Å². The van der Waals surface area contributed by atoms with Crippen molar-refractivity contribution >= 4 is 40.0 Å². The van der Waals surface area contributed by atoms with Crippen LogP contribution in [0.15, 0.2) is 81.5 Å². The molecule has 0 bridgehead atoms.